The van der Waals surface area contributed by atoms with E-state index in [0.29, 0.717) is 30.8 Å². The number of ketones is 1. The summed E-state index contributed by atoms with van der Waals surface area (Å²) >= 11 is 0. The number of carbonyl (C=O) groups is 2. The molecule has 1 N–H and O–H groups in total. The second-order valence-electron chi connectivity index (χ2n) is 7.27. The van der Waals surface area contributed by atoms with Gasteiger partial charge in [0.1, 0.15) is 6.04 Å². The van der Waals surface area contributed by atoms with Crippen molar-refractivity contribution in [2.24, 2.45) is 0 Å². The first kappa shape index (κ1) is 20.1. The van der Waals surface area contributed by atoms with E-state index in [0.717, 1.165) is 17.4 Å². The lowest BCUT2D eigenvalue weighted by molar-refractivity contribution is -0.128. The Bertz CT molecular complexity index is 1010. The van der Waals surface area contributed by atoms with Gasteiger partial charge in [-0.2, -0.15) is 0 Å². The molecule has 28 heavy (non-hydrogen) atoms. The summed E-state index contributed by atoms with van der Waals surface area (Å²) < 4.78 is 24.2. The number of nitrogens with zero attached hydrogens (tertiary/aromatic N) is 1. The van der Waals surface area contributed by atoms with Crippen molar-refractivity contribution in [3.05, 3.63) is 59.2 Å². The molecule has 6 nitrogen and oxygen atoms in total. The normalized spacial score (nSPS) is 17.0. The largest absolute Gasteiger partial charge is 0.373 e. The van der Waals surface area contributed by atoms with Gasteiger partial charge in [0.2, 0.25) is 5.91 Å². The molecule has 3 rings (SSSR count). The highest BCUT2D eigenvalue weighted by molar-refractivity contribution is 7.90. The van der Waals surface area contributed by atoms with E-state index in [1.165, 1.54) is 25.1 Å². The molecular weight excluding hydrogens is 376 g/mol. The van der Waals surface area contributed by atoms with E-state index < -0.39 is 15.9 Å². The number of amides is 1. The smallest absolute Gasteiger partial charge is 0.245 e. The first-order valence-electron chi connectivity index (χ1n) is 9.11. The van der Waals surface area contributed by atoms with E-state index in [2.05, 4.69) is 5.32 Å². The minimum atomic E-state index is -3.50. The van der Waals surface area contributed by atoms with Gasteiger partial charge < -0.3 is 10.2 Å². The molecular formula is C21H24N2O4S. The van der Waals surface area contributed by atoms with E-state index >= 15 is 0 Å². The number of benzene rings is 2. The maximum absolute atomic E-state index is 12.8. The molecule has 1 unspecified atom stereocenters. The molecule has 1 amide bonds. The van der Waals surface area contributed by atoms with Crippen molar-refractivity contribution in [1.29, 1.82) is 0 Å². The first-order chi connectivity index (χ1) is 13.1. The monoisotopic (exact) mass is 400 g/mol. The lowest BCUT2D eigenvalue weighted by Gasteiger charge is -2.19. The molecule has 0 saturated carbocycles. The predicted molar refractivity (Wildman–Crippen MR) is 108 cm³/mol. The average Bonchev–Trinajstić information content (AvgIpc) is 2.96. The van der Waals surface area contributed by atoms with Crippen molar-refractivity contribution in [3.63, 3.8) is 0 Å². The third kappa shape index (κ3) is 4.42. The predicted octanol–water partition coefficient (Wildman–Crippen LogP) is 2.81. The van der Waals surface area contributed by atoms with Crippen LogP contribution >= 0.6 is 0 Å². The van der Waals surface area contributed by atoms with Crippen molar-refractivity contribution in [3.8, 4) is 0 Å². The van der Waals surface area contributed by atoms with Crippen LogP contribution in [0.15, 0.2) is 47.4 Å². The number of anilines is 1. The second-order valence-corrected chi connectivity index (χ2v) is 9.25. The zero-order valence-electron chi connectivity index (χ0n) is 16.2. The molecule has 0 spiro atoms. The second kappa shape index (κ2) is 7.75. The Kier molecular flexibility index (Phi) is 5.56. The maximum atomic E-state index is 12.8. The number of likely N-dealkylation sites (tertiary alicyclic amines) is 1. The van der Waals surface area contributed by atoms with E-state index in [9.17, 15) is 18.0 Å². The van der Waals surface area contributed by atoms with Gasteiger partial charge in [-0.05, 0) is 44.0 Å². The highest BCUT2D eigenvalue weighted by Gasteiger charge is 2.32. The molecule has 1 atom stereocenters. The molecule has 1 aliphatic heterocycles. The number of carbonyl (C=O) groups excluding carboxylic acids is 2. The Hall–Kier alpha value is -2.67. The number of nitrogens with one attached hydrogen (secondary N) is 1. The van der Waals surface area contributed by atoms with Gasteiger partial charge >= 0.3 is 0 Å². The number of Topliss-reactive ketones (excluding diaryl/α,β-unsaturated/α-hetero) is 1. The summed E-state index contributed by atoms with van der Waals surface area (Å²) in [7, 11) is -3.50. The Balaban J connectivity index is 1.80. The average molecular weight is 401 g/mol. The Morgan fingerprint density at radius 1 is 1.18 bits per heavy atom. The molecule has 1 heterocycles. The minimum Gasteiger partial charge on any atom is -0.373 e. The van der Waals surface area contributed by atoms with Crippen LogP contribution in [0.5, 0.6) is 0 Å². The van der Waals surface area contributed by atoms with Crippen molar-refractivity contribution < 1.29 is 18.0 Å². The fourth-order valence-corrected chi connectivity index (χ4v) is 4.15. The van der Waals surface area contributed by atoms with Crippen LogP contribution in [-0.4, -0.2) is 43.9 Å². The maximum Gasteiger partial charge on any atom is 0.245 e. The highest BCUT2D eigenvalue weighted by Crippen LogP contribution is 2.27. The number of sulfone groups is 1. The van der Waals surface area contributed by atoms with Gasteiger partial charge in [-0.25, -0.2) is 8.42 Å². The summed E-state index contributed by atoms with van der Waals surface area (Å²) in [5.41, 5.74) is 2.91. The van der Waals surface area contributed by atoms with Crippen LogP contribution in [0.4, 0.5) is 5.69 Å². The summed E-state index contributed by atoms with van der Waals surface area (Å²) in [5, 5.41) is 3.06. The molecule has 0 aromatic heterocycles. The summed E-state index contributed by atoms with van der Waals surface area (Å²) in [6.45, 7) is 4.54. The molecule has 0 aliphatic carbocycles. The Morgan fingerprint density at radius 2 is 1.86 bits per heavy atom. The fraction of sp³-hybridized carbons (Fsp3) is 0.333. The van der Waals surface area contributed by atoms with E-state index in [4.69, 9.17) is 0 Å². The van der Waals surface area contributed by atoms with Gasteiger partial charge in [0.25, 0.3) is 0 Å². The summed E-state index contributed by atoms with van der Waals surface area (Å²) in [6, 6.07) is 11.9. The van der Waals surface area contributed by atoms with Gasteiger partial charge in [-0.1, -0.05) is 29.8 Å². The molecule has 0 radical (unpaired) electrons. The molecule has 1 aliphatic rings. The molecule has 0 bridgehead atoms. The van der Waals surface area contributed by atoms with E-state index in [1.54, 1.807) is 4.90 Å². The van der Waals surface area contributed by atoms with Gasteiger partial charge in [0.05, 0.1) is 10.6 Å². The summed E-state index contributed by atoms with van der Waals surface area (Å²) in [4.78, 5) is 26.3. The number of hydrogen-bond acceptors (Lipinski definition) is 5. The van der Waals surface area contributed by atoms with Crippen molar-refractivity contribution in [1.82, 2.24) is 4.90 Å². The Morgan fingerprint density at radius 3 is 2.46 bits per heavy atom. The molecule has 2 aromatic carbocycles. The van der Waals surface area contributed by atoms with Gasteiger partial charge in [0.15, 0.2) is 15.6 Å². The van der Waals surface area contributed by atoms with Gasteiger partial charge in [0, 0.05) is 24.9 Å². The van der Waals surface area contributed by atoms with E-state index in [-0.39, 0.29) is 16.6 Å². The molecule has 2 aromatic rings. The summed E-state index contributed by atoms with van der Waals surface area (Å²) in [5.74, 6) is -0.241. The lowest BCUT2D eigenvalue weighted by Crippen LogP contribution is -2.33. The quantitative estimate of drug-likeness (QED) is 0.754. The highest BCUT2D eigenvalue weighted by atomic mass is 32.2. The van der Waals surface area contributed by atoms with Gasteiger partial charge in [-0.15, -0.1) is 0 Å². The third-order valence-electron chi connectivity index (χ3n) is 4.91. The standard InChI is InChI=1S/C21H24N2O4S/c1-14-4-6-16(7-5-14)13-23-11-10-18(21(23)25)22-19-12-17(15(2)24)8-9-20(19)28(3,26)27/h4-9,12,18,22H,10-11,13H2,1-3H3. The van der Waals surface area contributed by atoms with Crippen LogP contribution in [0.1, 0.15) is 34.8 Å². The Labute approximate surface area is 165 Å². The molecule has 1 saturated heterocycles. The van der Waals surface area contributed by atoms with Crippen LogP contribution < -0.4 is 5.32 Å². The van der Waals surface area contributed by atoms with Crippen LogP contribution in [0, 0.1) is 6.92 Å². The van der Waals surface area contributed by atoms with Gasteiger partial charge in [-0.3, -0.25) is 9.59 Å². The van der Waals surface area contributed by atoms with Crippen LogP contribution in [0.2, 0.25) is 0 Å². The molecule has 7 heteroatoms. The van der Waals surface area contributed by atoms with Crippen LogP contribution in [0.25, 0.3) is 0 Å². The number of aryl methyl sites for hydroxylation is 1. The third-order valence-corrected chi connectivity index (χ3v) is 6.06. The number of hydrogen-bond donors (Lipinski definition) is 1. The minimum absolute atomic E-state index is 0.0757. The van der Waals surface area contributed by atoms with Crippen molar-refractivity contribution in [2.75, 3.05) is 18.1 Å². The SMILES string of the molecule is CC(=O)c1ccc(S(C)(=O)=O)c(NC2CCN(Cc3ccc(C)cc3)C2=O)c1. The topological polar surface area (TPSA) is 83.6 Å². The molecule has 148 valence electrons. The lowest BCUT2D eigenvalue weighted by atomic mass is 10.1. The zero-order chi connectivity index (χ0) is 20.5. The zero-order valence-corrected chi connectivity index (χ0v) is 17.0. The van der Waals surface area contributed by atoms with Crippen molar-refractivity contribution in [2.45, 2.75) is 37.8 Å². The van der Waals surface area contributed by atoms with E-state index in [1.807, 2.05) is 31.2 Å². The fourth-order valence-electron chi connectivity index (χ4n) is 3.32. The van der Waals surface area contributed by atoms with Crippen LogP contribution in [0.3, 0.4) is 0 Å². The van der Waals surface area contributed by atoms with Crippen molar-refractivity contribution >= 4 is 27.2 Å². The number of rotatable bonds is 6. The first-order valence-corrected chi connectivity index (χ1v) is 11.0. The molecule has 1 fully saturated rings. The van der Waals surface area contributed by atoms with Crippen LogP contribution in [-0.2, 0) is 21.2 Å². The summed E-state index contributed by atoms with van der Waals surface area (Å²) in [6.07, 6.45) is 1.68.